The van der Waals surface area contributed by atoms with Gasteiger partial charge in [-0.05, 0) is 0 Å². The van der Waals surface area contributed by atoms with E-state index in [0.29, 0.717) is 0 Å². The Balaban J connectivity index is 3.07. The minimum atomic E-state index is -1.25. The van der Waals surface area contributed by atoms with Gasteiger partial charge in [-0.2, -0.15) is 0 Å². The second kappa shape index (κ2) is 5.97. The first-order valence-electron chi connectivity index (χ1n) is 3.23. The summed E-state index contributed by atoms with van der Waals surface area (Å²) < 4.78 is 8.24. The van der Waals surface area contributed by atoms with E-state index >= 15 is 0 Å². The Morgan fingerprint density at radius 2 is 1.62 bits per heavy atom. The van der Waals surface area contributed by atoms with E-state index in [1.807, 2.05) is 0 Å². The molecule has 0 saturated carbocycles. The molecule has 0 bridgehead atoms. The van der Waals surface area contributed by atoms with Crippen molar-refractivity contribution in [1.29, 1.82) is 0 Å². The van der Waals surface area contributed by atoms with Crippen LogP contribution >= 0.6 is 0 Å². The summed E-state index contributed by atoms with van der Waals surface area (Å²) in [6, 6.07) is 0. The first-order valence-corrected chi connectivity index (χ1v) is 9.56. The summed E-state index contributed by atoms with van der Waals surface area (Å²) in [6.45, 7) is 7.53. The van der Waals surface area contributed by atoms with Crippen LogP contribution in [0.3, 0.4) is 0 Å². The summed E-state index contributed by atoms with van der Waals surface area (Å²) in [6.07, 6.45) is 0. The summed E-state index contributed by atoms with van der Waals surface area (Å²) in [5.41, 5.74) is 0. The normalized spacial score (nSPS) is 10.5. The van der Waals surface area contributed by atoms with Crippen molar-refractivity contribution in [3.8, 4) is 0 Å². The molecule has 0 radical (unpaired) electrons. The van der Waals surface area contributed by atoms with Gasteiger partial charge in [-0.1, -0.05) is 0 Å². The van der Waals surface area contributed by atoms with E-state index in [1.165, 1.54) is 8.26 Å². The molecular formula is C6H15BiO. The third kappa shape index (κ3) is 3.80. The molecule has 0 rings (SSSR count). The van der Waals surface area contributed by atoms with Crippen molar-refractivity contribution in [3.63, 3.8) is 0 Å². The minimum absolute atomic E-state index is 0.944. The zero-order valence-corrected chi connectivity index (χ0v) is 9.45. The van der Waals surface area contributed by atoms with Gasteiger partial charge in [0.1, 0.15) is 0 Å². The molecule has 0 aliphatic rings. The van der Waals surface area contributed by atoms with Crippen molar-refractivity contribution in [2.24, 2.45) is 0 Å². The van der Waals surface area contributed by atoms with Gasteiger partial charge < -0.3 is 0 Å². The number of hydrogen-bond acceptors (Lipinski definition) is 1. The van der Waals surface area contributed by atoms with Gasteiger partial charge in [0.05, 0.1) is 0 Å². The van der Waals surface area contributed by atoms with Crippen molar-refractivity contribution >= 4 is 22.2 Å². The zero-order valence-electron chi connectivity index (χ0n) is 5.98. The molecule has 0 aromatic rings. The third-order valence-corrected chi connectivity index (χ3v) is 8.92. The van der Waals surface area contributed by atoms with Gasteiger partial charge in [-0.25, -0.2) is 0 Å². The molecule has 0 unspecified atom stereocenters. The fourth-order valence-electron chi connectivity index (χ4n) is 0.589. The van der Waals surface area contributed by atoms with E-state index in [4.69, 9.17) is 2.81 Å². The van der Waals surface area contributed by atoms with Crippen LogP contribution in [-0.4, -0.2) is 28.8 Å². The summed E-state index contributed by atoms with van der Waals surface area (Å²) in [4.78, 5) is 0. The molecule has 0 atom stereocenters. The summed E-state index contributed by atoms with van der Waals surface area (Å²) in [5.74, 6) is 0. The van der Waals surface area contributed by atoms with Crippen molar-refractivity contribution < 1.29 is 2.81 Å². The Kier molecular flexibility index (Phi) is 6.60. The molecule has 8 heavy (non-hydrogen) atoms. The molecule has 1 nitrogen and oxygen atoms in total. The van der Waals surface area contributed by atoms with Crippen molar-refractivity contribution in [1.82, 2.24) is 0 Å². The molecule has 50 valence electrons. The van der Waals surface area contributed by atoms with Crippen molar-refractivity contribution in [2.45, 2.75) is 29.0 Å². The molecular weight excluding hydrogens is 297 g/mol. The monoisotopic (exact) mass is 312 g/mol. The average Bonchev–Trinajstić information content (AvgIpc) is 1.83. The first-order chi connectivity index (χ1) is 3.85. The molecule has 0 amide bonds. The van der Waals surface area contributed by atoms with Gasteiger partial charge in [0, 0.05) is 0 Å². The topological polar surface area (TPSA) is 9.23 Å². The van der Waals surface area contributed by atoms with E-state index in [-0.39, 0.29) is 0 Å². The second-order valence-corrected chi connectivity index (χ2v) is 11.2. The maximum atomic E-state index is 5.54. The molecule has 2 heteroatoms. The second-order valence-electron chi connectivity index (χ2n) is 1.53. The molecule has 0 heterocycles. The fourth-order valence-corrected chi connectivity index (χ4v) is 5.17. The van der Waals surface area contributed by atoms with Crippen LogP contribution in [0.1, 0.15) is 20.8 Å². The van der Waals surface area contributed by atoms with Crippen LogP contribution in [0.4, 0.5) is 0 Å². The van der Waals surface area contributed by atoms with Gasteiger partial charge >= 0.3 is 60.6 Å². The van der Waals surface area contributed by atoms with E-state index in [1.54, 1.807) is 0 Å². The molecule has 0 saturated heterocycles. The Morgan fingerprint density at radius 3 is 1.75 bits per heavy atom. The van der Waals surface area contributed by atoms with Crippen LogP contribution in [0, 0.1) is 0 Å². The zero-order chi connectivity index (χ0) is 6.41. The molecule has 0 aliphatic carbocycles. The van der Waals surface area contributed by atoms with E-state index in [0.717, 1.165) is 6.61 Å². The average molecular weight is 312 g/mol. The molecule has 0 N–H and O–H groups in total. The standard InChI is InChI=1S/C2H5O.2C2H5.Bi/c1-2-3;2*1-2;/h2H2,1H3;2*1H2,2H3;/q-1;;;+1. The quantitative estimate of drug-likeness (QED) is 0.722. The van der Waals surface area contributed by atoms with Crippen molar-refractivity contribution in [3.05, 3.63) is 0 Å². The van der Waals surface area contributed by atoms with Gasteiger partial charge in [0.2, 0.25) is 0 Å². The van der Waals surface area contributed by atoms with Crippen LogP contribution < -0.4 is 0 Å². The molecule has 0 fully saturated rings. The van der Waals surface area contributed by atoms with E-state index in [9.17, 15) is 0 Å². The molecule has 0 aliphatic heterocycles. The summed E-state index contributed by atoms with van der Waals surface area (Å²) in [5, 5.41) is 0. The van der Waals surface area contributed by atoms with Gasteiger partial charge in [-0.15, -0.1) is 0 Å². The Morgan fingerprint density at radius 1 is 1.12 bits per heavy atom. The van der Waals surface area contributed by atoms with Gasteiger partial charge in [0.25, 0.3) is 0 Å². The summed E-state index contributed by atoms with van der Waals surface area (Å²) >= 11 is -1.25. The van der Waals surface area contributed by atoms with Crippen LogP contribution in [0.15, 0.2) is 0 Å². The fraction of sp³-hybridized carbons (Fsp3) is 1.00. The molecule has 0 spiro atoms. The predicted molar refractivity (Wildman–Crippen MR) is 38.3 cm³/mol. The predicted octanol–water partition coefficient (Wildman–Crippen LogP) is 2.05. The first kappa shape index (κ1) is 8.84. The third-order valence-electron chi connectivity index (χ3n) is 1.02. The van der Waals surface area contributed by atoms with E-state index < -0.39 is 22.2 Å². The SMILES string of the molecule is CC[O][Bi]([CH2]C)[CH2]C. The Bertz CT molecular complexity index is 43.8. The number of rotatable bonds is 4. The van der Waals surface area contributed by atoms with Crippen LogP contribution in [0.2, 0.25) is 8.26 Å². The summed E-state index contributed by atoms with van der Waals surface area (Å²) in [7, 11) is 0. The van der Waals surface area contributed by atoms with E-state index in [2.05, 4.69) is 20.8 Å². The molecule has 0 aromatic carbocycles. The van der Waals surface area contributed by atoms with Gasteiger partial charge in [0.15, 0.2) is 0 Å². The molecule has 0 aromatic heterocycles. The Labute approximate surface area is 60.7 Å². The van der Waals surface area contributed by atoms with Crippen molar-refractivity contribution in [2.75, 3.05) is 6.61 Å². The van der Waals surface area contributed by atoms with Gasteiger partial charge in [-0.3, -0.25) is 0 Å². The van der Waals surface area contributed by atoms with Crippen LogP contribution in [-0.2, 0) is 2.81 Å². The Hall–Kier alpha value is 0.843. The van der Waals surface area contributed by atoms with Crippen LogP contribution in [0.5, 0.6) is 0 Å². The van der Waals surface area contributed by atoms with Crippen LogP contribution in [0.25, 0.3) is 0 Å². The number of hydrogen-bond donors (Lipinski definition) is 0. The maximum absolute atomic E-state index is 5.54.